The third-order valence-electron chi connectivity index (χ3n) is 1.92. The molecule has 0 atom stereocenters. The predicted octanol–water partition coefficient (Wildman–Crippen LogP) is 2.64. The van der Waals surface area contributed by atoms with E-state index in [1.807, 2.05) is 13.0 Å². The molecule has 13 heavy (non-hydrogen) atoms. The fourth-order valence-corrected chi connectivity index (χ4v) is 1.48. The predicted molar refractivity (Wildman–Crippen MR) is 52.6 cm³/mol. The third kappa shape index (κ3) is 2.01. The summed E-state index contributed by atoms with van der Waals surface area (Å²) in [6, 6.07) is 5.28. The highest BCUT2D eigenvalue weighted by Gasteiger charge is 2.11. The average Bonchev–Trinajstić information content (AvgIpc) is 2.16. The van der Waals surface area contributed by atoms with Gasteiger partial charge in [0.15, 0.2) is 0 Å². The lowest BCUT2D eigenvalue weighted by Crippen LogP contribution is -1.99. The summed E-state index contributed by atoms with van der Waals surface area (Å²) in [5.41, 5.74) is 1.40. The van der Waals surface area contributed by atoms with Crippen LogP contribution in [-0.2, 0) is 6.42 Å². The van der Waals surface area contributed by atoms with Crippen LogP contribution < -0.4 is 4.74 Å². The number of rotatable bonds is 3. The summed E-state index contributed by atoms with van der Waals surface area (Å²) in [6.07, 6.45) is 0.734. The lowest BCUT2D eigenvalue weighted by Gasteiger charge is -2.08. The molecule has 0 heterocycles. The largest absolute Gasteiger partial charge is 0.496 e. The third-order valence-corrected chi connectivity index (χ3v) is 2.12. The number of hydrogen-bond donors (Lipinski definition) is 0. The fourth-order valence-electron chi connectivity index (χ4n) is 1.31. The van der Waals surface area contributed by atoms with Gasteiger partial charge in [0.05, 0.1) is 7.11 Å². The molecule has 0 aliphatic carbocycles. The van der Waals surface area contributed by atoms with Gasteiger partial charge in [-0.3, -0.25) is 4.79 Å². The molecule has 0 unspecified atom stereocenters. The standard InChI is InChI=1S/C10H11ClO2/c1-3-7-8(10(11)12)5-4-6-9(7)13-2/h4-6H,3H2,1-2H3. The van der Waals surface area contributed by atoms with E-state index in [1.54, 1.807) is 19.2 Å². The molecule has 0 saturated carbocycles. The van der Waals surface area contributed by atoms with Gasteiger partial charge in [-0.2, -0.15) is 0 Å². The van der Waals surface area contributed by atoms with Crippen molar-refractivity contribution in [1.29, 1.82) is 0 Å². The molecule has 1 aromatic rings. The van der Waals surface area contributed by atoms with E-state index in [1.165, 1.54) is 0 Å². The van der Waals surface area contributed by atoms with Crippen LogP contribution in [-0.4, -0.2) is 12.4 Å². The Hall–Kier alpha value is -1.02. The molecule has 0 radical (unpaired) electrons. The van der Waals surface area contributed by atoms with Gasteiger partial charge >= 0.3 is 0 Å². The monoisotopic (exact) mass is 198 g/mol. The van der Waals surface area contributed by atoms with Crippen molar-refractivity contribution < 1.29 is 9.53 Å². The minimum Gasteiger partial charge on any atom is -0.496 e. The summed E-state index contributed by atoms with van der Waals surface area (Å²) in [4.78, 5) is 11.0. The molecule has 0 N–H and O–H groups in total. The van der Waals surface area contributed by atoms with Crippen LogP contribution in [0.15, 0.2) is 18.2 Å². The van der Waals surface area contributed by atoms with Gasteiger partial charge in [0.2, 0.25) is 0 Å². The molecule has 3 heteroatoms. The molecule has 0 aliphatic heterocycles. The maximum absolute atomic E-state index is 11.0. The van der Waals surface area contributed by atoms with E-state index in [9.17, 15) is 4.79 Å². The number of ether oxygens (including phenoxy) is 1. The number of carbonyl (C=O) groups is 1. The van der Waals surface area contributed by atoms with E-state index >= 15 is 0 Å². The first kappa shape index (κ1) is 10.1. The Morgan fingerprint density at radius 3 is 2.69 bits per heavy atom. The topological polar surface area (TPSA) is 26.3 Å². The highest BCUT2D eigenvalue weighted by Crippen LogP contribution is 2.23. The molecular weight excluding hydrogens is 188 g/mol. The Morgan fingerprint density at radius 1 is 1.54 bits per heavy atom. The molecular formula is C10H11ClO2. The van der Waals surface area contributed by atoms with Gasteiger partial charge in [-0.15, -0.1) is 0 Å². The zero-order valence-electron chi connectivity index (χ0n) is 7.63. The van der Waals surface area contributed by atoms with Crippen molar-refractivity contribution in [2.75, 3.05) is 7.11 Å². The second kappa shape index (κ2) is 4.28. The van der Waals surface area contributed by atoms with Gasteiger partial charge in [0.25, 0.3) is 5.24 Å². The number of hydrogen-bond acceptors (Lipinski definition) is 2. The Kier molecular flexibility index (Phi) is 3.32. The molecule has 1 rings (SSSR count). The summed E-state index contributed by atoms with van der Waals surface area (Å²) in [5, 5.41) is -0.434. The smallest absolute Gasteiger partial charge is 0.252 e. The van der Waals surface area contributed by atoms with Crippen LogP contribution in [0.4, 0.5) is 0 Å². The first-order valence-corrected chi connectivity index (χ1v) is 4.44. The van der Waals surface area contributed by atoms with E-state index < -0.39 is 5.24 Å². The minimum absolute atomic E-state index is 0.434. The number of carbonyl (C=O) groups excluding carboxylic acids is 1. The quantitative estimate of drug-likeness (QED) is 0.698. The van der Waals surface area contributed by atoms with Crippen LogP contribution in [0.5, 0.6) is 5.75 Å². The van der Waals surface area contributed by atoms with Crippen molar-refractivity contribution in [3.8, 4) is 5.75 Å². The van der Waals surface area contributed by atoms with Crippen LogP contribution in [0, 0.1) is 0 Å². The summed E-state index contributed by atoms with van der Waals surface area (Å²) in [7, 11) is 1.58. The molecule has 0 fully saturated rings. The normalized spacial score (nSPS) is 9.77. The number of benzene rings is 1. The molecule has 0 bridgehead atoms. The molecule has 2 nitrogen and oxygen atoms in total. The maximum atomic E-state index is 11.0. The van der Waals surface area contributed by atoms with Crippen molar-refractivity contribution in [2.45, 2.75) is 13.3 Å². The molecule has 0 aliphatic rings. The molecule has 0 aromatic heterocycles. The molecule has 70 valence electrons. The van der Waals surface area contributed by atoms with E-state index in [4.69, 9.17) is 16.3 Å². The molecule has 0 spiro atoms. The van der Waals surface area contributed by atoms with E-state index in [0.717, 1.165) is 12.0 Å². The zero-order chi connectivity index (χ0) is 9.84. The SMILES string of the molecule is CCc1c(OC)cccc1C(=O)Cl. The summed E-state index contributed by atoms with van der Waals surface area (Å²) in [5.74, 6) is 0.717. The van der Waals surface area contributed by atoms with Crippen molar-refractivity contribution in [3.05, 3.63) is 29.3 Å². The average molecular weight is 199 g/mol. The highest BCUT2D eigenvalue weighted by atomic mass is 35.5. The molecule has 0 saturated heterocycles. The van der Waals surface area contributed by atoms with Gasteiger partial charge < -0.3 is 4.74 Å². The lowest BCUT2D eigenvalue weighted by molar-refractivity contribution is 0.108. The van der Waals surface area contributed by atoms with Gasteiger partial charge in [-0.25, -0.2) is 0 Å². The van der Waals surface area contributed by atoms with Crippen LogP contribution >= 0.6 is 11.6 Å². The second-order valence-corrected chi connectivity index (χ2v) is 2.96. The second-order valence-electron chi connectivity index (χ2n) is 2.61. The fraction of sp³-hybridized carbons (Fsp3) is 0.300. The molecule has 1 aromatic carbocycles. The maximum Gasteiger partial charge on any atom is 0.252 e. The lowest BCUT2D eigenvalue weighted by atomic mass is 10.1. The van der Waals surface area contributed by atoms with Gasteiger partial charge in [0, 0.05) is 11.1 Å². The van der Waals surface area contributed by atoms with Crippen LogP contribution in [0.1, 0.15) is 22.8 Å². The van der Waals surface area contributed by atoms with E-state index in [-0.39, 0.29) is 0 Å². The van der Waals surface area contributed by atoms with Gasteiger partial charge in [0.1, 0.15) is 5.75 Å². The van der Waals surface area contributed by atoms with Gasteiger partial charge in [-0.1, -0.05) is 13.0 Å². The van der Waals surface area contributed by atoms with E-state index in [2.05, 4.69) is 0 Å². The molecule has 0 amide bonds. The van der Waals surface area contributed by atoms with Gasteiger partial charge in [-0.05, 0) is 30.2 Å². The van der Waals surface area contributed by atoms with Crippen molar-refractivity contribution in [1.82, 2.24) is 0 Å². The summed E-state index contributed by atoms with van der Waals surface area (Å²) in [6.45, 7) is 1.96. The van der Waals surface area contributed by atoms with Crippen LogP contribution in [0.25, 0.3) is 0 Å². The Labute approximate surface area is 82.5 Å². The zero-order valence-corrected chi connectivity index (χ0v) is 8.39. The Balaban J connectivity index is 3.27. The van der Waals surface area contributed by atoms with Crippen LogP contribution in [0.2, 0.25) is 0 Å². The Bertz CT molecular complexity index is 321. The van der Waals surface area contributed by atoms with Crippen molar-refractivity contribution >= 4 is 16.8 Å². The Morgan fingerprint density at radius 2 is 2.23 bits per heavy atom. The van der Waals surface area contributed by atoms with Crippen LogP contribution in [0.3, 0.4) is 0 Å². The summed E-state index contributed by atoms with van der Waals surface area (Å²) >= 11 is 5.42. The first-order chi connectivity index (χ1) is 6.20. The number of methoxy groups -OCH3 is 1. The first-order valence-electron chi connectivity index (χ1n) is 4.06. The minimum atomic E-state index is -0.434. The van der Waals surface area contributed by atoms with Crippen molar-refractivity contribution in [3.63, 3.8) is 0 Å². The van der Waals surface area contributed by atoms with Crippen molar-refractivity contribution in [2.24, 2.45) is 0 Å². The van der Waals surface area contributed by atoms with E-state index in [0.29, 0.717) is 11.3 Å². The number of halogens is 1. The summed E-state index contributed by atoms with van der Waals surface area (Å²) < 4.78 is 5.12. The highest BCUT2D eigenvalue weighted by molar-refractivity contribution is 6.68.